The van der Waals surface area contributed by atoms with Crippen LogP contribution in [0.4, 0.5) is 5.69 Å². The Morgan fingerprint density at radius 2 is 2.22 bits per heavy atom. The van der Waals surface area contributed by atoms with E-state index >= 15 is 0 Å². The molecule has 0 bridgehead atoms. The van der Waals surface area contributed by atoms with Crippen molar-refractivity contribution in [2.75, 3.05) is 25.0 Å². The summed E-state index contributed by atoms with van der Waals surface area (Å²) >= 11 is 0. The van der Waals surface area contributed by atoms with Gasteiger partial charge in [-0.1, -0.05) is 0 Å². The van der Waals surface area contributed by atoms with E-state index in [-0.39, 0.29) is 17.3 Å². The van der Waals surface area contributed by atoms with Gasteiger partial charge in [0.15, 0.2) is 0 Å². The minimum absolute atomic E-state index is 0.0281. The van der Waals surface area contributed by atoms with Crippen molar-refractivity contribution in [3.05, 3.63) is 23.8 Å². The molecule has 0 aliphatic carbocycles. The molecule has 1 heterocycles. The Bertz CT molecular complexity index is 583. The molecule has 2 rings (SSSR count). The minimum Gasteiger partial charge on any atom is -0.311 e. The van der Waals surface area contributed by atoms with Crippen molar-refractivity contribution in [1.82, 2.24) is 5.32 Å². The fourth-order valence-electron chi connectivity index (χ4n) is 2.06. The number of carbonyl (C=O) groups excluding carboxylic acids is 1. The average Bonchev–Trinajstić information content (AvgIpc) is 2.70. The highest BCUT2D eigenvalue weighted by molar-refractivity contribution is 7.89. The number of hydrogen-bond acceptors (Lipinski definition) is 4. The summed E-state index contributed by atoms with van der Waals surface area (Å²) < 4.78 is 22.5. The highest BCUT2D eigenvalue weighted by atomic mass is 32.2. The number of likely N-dealkylation sites (N-methyl/N-ethyl adjacent to an activating group) is 1. The van der Waals surface area contributed by atoms with Crippen LogP contribution in [0.5, 0.6) is 0 Å². The smallest absolute Gasteiger partial charge is 0.240 e. The van der Waals surface area contributed by atoms with E-state index in [1.54, 1.807) is 18.0 Å². The number of anilines is 1. The molecule has 0 fully saturated rings. The molecule has 1 aliphatic heterocycles. The average molecular weight is 269 g/mol. The molecule has 98 valence electrons. The molecule has 1 aromatic carbocycles. The Labute approximate surface area is 106 Å². The normalized spacial score (nSPS) is 14.7. The highest BCUT2D eigenvalue weighted by Crippen LogP contribution is 2.29. The first kappa shape index (κ1) is 13.0. The van der Waals surface area contributed by atoms with Gasteiger partial charge in [0.25, 0.3) is 0 Å². The van der Waals surface area contributed by atoms with E-state index in [4.69, 9.17) is 5.14 Å². The van der Waals surface area contributed by atoms with Crippen molar-refractivity contribution in [2.45, 2.75) is 11.3 Å². The van der Waals surface area contributed by atoms with Crippen molar-refractivity contribution in [1.29, 1.82) is 0 Å². The molecule has 0 saturated heterocycles. The van der Waals surface area contributed by atoms with Gasteiger partial charge in [-0.05, 0) is 37.2 Å². The van der Waals surface area contributed by atoms with E-state index in [1.165, 1.54) is 12.1 Å². The third-order valence-electron chi connectivity index (χ3n) is 2.90. The van der Waals surface area contributed by atoms with Crippen LogP contribution in [-0.4, -0.2) is 34.5 Å². The number of hydrogen-bond donors (Lipinski definition) is 2. The SMILES string of the molecule is CNCC(=O)N1CCc2cc(S(N)(=O)=O)ccc21. The number of sulfonamides is 1. The standard InChI is InChI=1S/C11H15N3O3S/c1-13-7-11(15)14-5-4-8-6-9(18(12,16)17)2-3-10(8)14/h2-3,6,13H,4-5,7H2,1H3,(H2,12,16,17). The number of fused-ring (bicyclic) bond motifs is 1. The first-order valence-electron chi connectivity index (χ1n) is 5.54. The van der Waals surface area contributed by atoms with E-state index < -0.39 is 10.0 Å². The molecular formula is C11H15N3O3S. The van der Waals surface area contributed by atoms with Crippen LogP contribution < -0.4 is 15.4 Å². The lowest BCUT2D eigenvalue weighted by molar-refractivity contribution is -0.117. The van der Waals surface area contributed by atoms with E-state index in [2.05, 4.69) is 5.32 Å². The third-order valence-corrected chi connectivity index (χ3v) is 3.82. The maximum absolute atomic E-state index is 11.8. The highest BCUT2D eigenvalue weighted by Gasteiger charge is 2.25. The van der Waals surface area contributed by atoms with Crippen molar-refractivity contribution in [3.63, 3.8) is 0 Å². The summed E-state index contributed by atoms with van der Waals surface area (Å²) in [5.74, 6) is -0.0281. The number of nitrogens with one attached hydrogen (secondary N) is 1. The van der Waals surface area contributed by atoms with Gasteiger partial charge in [0, 0.05) is 12.2 Å². The van der Waals surface area contributed by atoms with E-state index in [0.717, 1.165) is 11.3 Å². The topological polar surface area (TPSA) is 92.5 Å². The predicted molar refractivity (Wildman–Crippen MR) is 67.8 cm³/mol. The summed E-state index contributed by atoms with van der Waals surface area (Å²) in [5.41, 5.74) is 1.61. The predicted octanol–water partition coefficient (Wildman–Crippen LogP) is -0.557. The molecule has 7 heteroatoms. The van der Waals surface area contributed by atoms with Crippen LogP contribution in [0.1, 0.15) is 5.56 Å². The minimum atomic E-state index is -3.69. The van der Waals surface area contributed by atoms with Gasteiger partial charge in [0.05, 0.1) is 11.4 Å². The summed E-state index contributed by atoms with van der Waals surface area (Å²) in [6.45, 7) is 0.834. The molecule has 1 amide bonds. The second-order valence-corrected chi connectivity index (χ2v) is 5.72. The Kier molecular flexibility index (Phi) is 3.38. The number of rotatable bonds is 3. The Hall–Kier alpha value is -1.44. The molecule has 6 nitrogen and oxygen atoms in total. The van der Waals surface area contributed by atoms with Gasteiger partial charge >= 0.3 is 0 Å². The molecule has 0 saturated carbocycles. The van der Waals surface area contributed by atoms with E-state index in [0.29, 0.717) is 13.0 Å². The fraction of sp³-hybridized carbons (Fsp3) is 0.364. The Morgan fingerprint density at radius 1 is 1.50 bits per heavy atom. The maximum atomic E-state index is 11.8. The Balaban J connectivity index is 2.34. The van der Waals surface area contributed by atoms with E-state index in [9.17, 15) is 13.2 Å². The zero-order valence-corrected chi connectivity index (χ0v) is 10.8. The molecular weight excluding hydrogens is 254 g/mol. The summed E-state index contributed by atoms with van der Waals surface area (Å²) in [6, 6.07) is 4.60. The van der Waals surface area contributed by atoms with Gasteiger partial charge in [-0.15, -0.1) is 0 Å². The first-order chi connectivity index (χ1) is 8.43. The molecule has 18 heavy (non-hydrogen) atoms. The van der Waals surface area contributed by atoms with Crippen LogP contribution in [0.15, 0.2) is 23.1 Å². The number of nitrogens with zero attached hydrogens (tertiary/aromatic N) is 1. The zero-order chi connectivity index (χ0) is 13.3. The molecule has 0 spiro atoms. The van der Waals surface area contributed by atoms with Gasteiger partial charge in [-0.3, -0.25) is 4.79 Å². The maximum Gasteiger partial charge on any atom is 0.240 e. The molecule has 0 unspecified atom stereocenters. The molecule has 0 radical (unpaired) electrons. The lowest BCUT2D eigenvalue weighted by Crippen LogP contribution is -2.35. The summed E-state index contributed by atoms with van der Waals surface area (Å²) in [4.78, 5) is 13.5. The number of benzene rings is 1. The second kappa shape index (κ2) is 4.68. The molecule has 3 N–H and O–H groups in total. The van der Waals surface area contributed by atoms with Gasteiger partial charge in [0.2, 0.25) is 15.9 Å². The van der Waals surface area contributed by atoms with Gasteiger partial charge in [-0.25, -0.2) is 13.6 Å². The number of nitrogens with two attached hydrogens (primary N) is 1. The largest absolute Gasteiger partial charge is 0.311 e. The quantitative estimate of drug-likeness (QED) is 0.769. The zero-order valence-electron chi connectivity index (χ0n) is 10.0. The molecule has 0 atom stereocenters. The van der Waals surface area contributed by atoms with Crippen LogP contribution in [0.3, 0.4) is 0 Å². The lowest BCUT2D eigenvalue weighted by Gasteiger charge is -2.17. The van der Waals surface area contributed by atoms with Gasteiger partial charge in [0.1, 0.15) is 0 Å². The van der Waals surface area contributed by atoms with Crippen molar-refractivity contribution >= 4 is 21.6 Å². The third kappa shape index (κ3) is 2.38. The van der Waals surface area contributed by atoms with Crippen molar-refractivity contribution in [2.24, 2.45) is 5.14 Å². The number of amides is 1. The molecule has 0 aromatic heterocycles. The number of carbonyl (C=O) groups is 1. The second-order valence-electron chi connectivity index (χ2n) is 4.16. The van der Waals surface area contributed by atoms with E-state index in [1.807, 2.05) is 0 Å². The van der Waals surface area contributed by atoms with Gasteiger partial charge in [-0.2, -0.15) is 0 Å². The number of primary sulfonamides is 1. The molecule has 1 aliphatic rings. The monoisotopic (exact) mass is 269 g/mol. The van der Waals surface area contributed by atoms with Crippen LogP contribution in [0.2, 0.25) is 0 Å². The van der Waals surface area contributed by atoms with Gasteiger partial charge < -0.3 is 10.2 Å². The van der Waals surface area contributed by atoms with Crippen LogP contribution >= 0.6 is 0 Å². The molecule has 1 aromatic rings. The van der Waals surface area contributed by atoms with Crippen LogP contribution in [0, 0.1) is 0 Å². The summed E-state index contributed by atoms with van der Waals surface area (Å²) in [5, 5.41) is 7.88. The fourth-order valence-corrected chi connectivity index (χ4v) is 2.63. The van der Waals surface area contributed by atoms with Crippen molar-refractivity contribution < 1.29 is 13.2 Å². The Morgan fingerprint density at radius 3 is 2.83 bits per heavy atom. The van der Waals surface area contributed by atoms with Crippen LogP contribution in [-0.2, 0) is 21.2 Å². The first-order valence-corrected chi connectivity index (χ1v) is 7.09. The van der Waals surface area contributed by atoms with Crippen molar-refractivity contribution in [3.8, 4) is 0 Å². The lowest BCUT2D eigenvalue weighted by atomic mass is 10.2. The van der Waals surface area contributed by atoms with Crippen LogP contribution in [0.25, 0.3) is 0 Å². The summed E-state index contributed by atoms with van der Waals surface area (Å²) in [6.07, 6.45) is 0.647. The summed E-state index contributed by atoms with van der Waals surface area (Å²) in [7, 11) is -1.98.